The fourth-order valence-electron chi connectivity index (χ4n) is 2.92. The van der Waals surface area contributed by atoms with Crippen LogP contribution in [0.25, 0.3) is 0 Å². The molecule has 2 aromatic carbocycles. The van der Waals surface area contributed by atoms with Crippen LogP contribution < -0.4 is 10.2 Å². The summed E-state index contributed by atoms with van der Waals surface area (Å²) in [5.74, 6) is 0.396. The lowest BCUT2D eigenvalue weighted by Crippen LogP contribution is -2.27. The topological polar surface area (TPSA) is 58.1 Å². The third-order valence-corrected chi connectivity index (χ3v) is 4.42. The predicted octanol–water partition coefficient (Wildman–Crippen LogP) is 4.43. The number of hydrogen-bond donors (Lipinski definition) is 1. The minimum Gasteiger partial charge on any atom is -0.345 e. The number of hydrogen-bond acceptors (Lipinski definition) is 4. The third kappa shape index (κ3) is 4.50. The van der Waals surface area contributed by atoms with Crippen molar-refractivity contribution in [2.45, 2.75) is 26.8 Å². The minimum atomic E-state index is -0.184. The average Bonchev–Trinajstić information content (AvgIpc) is 2.70. The number of carbonyl (C=O) groups excluding carboxylic acids is 1. The van der Waals surface area contributed by atoms with E-state index in [0.29, 0.717) is 11.5 Å². The minimum absolute atomic E-state index is 0.0854. The summed E-state index contributed by atoms with van der Waals surface area (Å²) >= 11 is 0. The lowest BCUT2D eigenvalue weighted by atomic mass is 10.1. The molecule has 1 atom stereocenters. The Hall–Kier alpha value is -3.21. The van der Waals surface area contributed by atoms with Crippen LogP contribution in [0.5, 0.6) is 0 Å². The van der Waals surface area contributed by atoms with E-state index < -0.39 is 0 Å². The predicted molar refractivity (Wildman–Crippen MR) is 108 cm³/mol. The van der Waals surface area contributed by atoms with E-state index in [1.165, 1.54) is 5.56 Å². The smallest absolute Gasteiger partial charge is 0.254 e. The Kier molecular flexibility index (Phi) is 5.81. The Balaban J connectivity index is 1.73. The summed E-state index contributed by atoms with van der Waals surface area (Å²) in [7, 11) is 0. The summed E-state index contributed by atoms with van der Waals surface area (Å²) < 4.78 is 0. The van der Waals surface area contributed by atoms with Crippen molar-refractivity contribution in [2.24, 2.45) is 0 Å². The van der Waals surface area contributed by atoms with Crippen LogP contribution in [-0.2, 0) is 0 Å². The molecule has 3 rings (SSSR count). The Labute approximate surface area is 160 Å². The van der Waals surface area contributed by atoms with E-state index >= 15 is 0 Å². The molecule has 0 aliphatic rings. The number of nitrogens with one attached hydrogen (secondary N) is 1. The number of nitrogens with zero attached hydrogens (tertiary/aromatic N) is 3. The Morgan fingerprint density at radius 1 is 1.07 bits per heavy atom. The normalized spacial score (nSPS) is 11.7. The van der Waals surface area contributed by atoms with E-state index in [0.717, 1.165) is 17.8 Å². The third-order valence-electron chi connectivity index (χ3n) is 4.42. The lowest BCUT2D eigenvalue weighted by Gasteiger charge is -2.21. The van der Waals surface area contributed by atoms with Gasteiger partial charge in [-0.15, -0.1) is 0 Å². The van der Waals surface area contributed by atoms with Gasteiger partial charge in [0.2, 0.25) is 5.95 Å². The van der Waals surface area contributed by atoms with Crippen LogP contribution >= 0.6 is 0 Å². The highest BCUT2D eigenvalue weighted by molar-refractivity contribution is 5.94. The first-order chi connectivity index (χ1) is 13.1. The van der Waals surface area contributed by atoms with Crippen molar-refractivity contribution >= 4 is 17.5 Å². The first-order valence-corrected chi connectivity index (χ1v) is 9.10. The summed E-state index contributed by atoms with van der Waals surface area (Å²) in [5.41, 5.74) is 3.71. The molecule has 3 aromatic rings. The number of aryl methyl sites for hydroxylation is 1. The summed E-state index contributed by atoms with van der Waals surface area (Å²) in [6.45, 7) is 6.80. The SMILES string of the molecule is CCN(c1cccc(C)c1)c1ncc(C(=O)NC(C)c2ccccc2)cn1. The van der Waals surface area contributed by atoms with Crippen LogP contribution in [0.4, 0.5) is 11.6 Å². The van der Waals surface area contributed by atoms with Crippen LogP contribution in [0.3, 0.4) is 0 Å². The Morgan fingerprint density at radius 2 is 1.78 bits per heavy atom. The van der Waals surface area contributed by atoms with Crippen LogP contribution in [0.15, 0.2) is 67.0 Å². The van der Waals surface area contributed by atoms with Crippen LogP contribution in [0.2, 0.25) is 0 Å². The van der Waals surface area contributed by atoms with E-state index in [4.69, 9.17) is 0 Å². The van der Waals surface area contributed by atoms with E-state index in [-0.39, 0.29) is 11.9 Å². The van der Waals surface area contributed by atoms with Gasteiger partial charge in [-0.3, -0.25) is 4.79 Å². The van der Waals surface area contributed by atoms with Crippen molar-refractivity contribution in [1.82, 2.24) is 15.3 Å². The second kappa shape index (κ2) is 8.45. The summed E-state index contributed by atoms with van der Waals surface area (Å²) in [6.07, 6.45) is 3.15. The van der Waals surface area contributed by atoms with Gasteiger partial charge in [0.25, 0.3) is 5.91 Å². The van der Waals surface area contributed by atoms with Crippen LogP contribution in [0, 0.1) is 6.92 Å². The molecule has 0 saturated heterocycles. The second-order valence-corrected chi connectivity index (χ2v) is 6.46. The standard InChI is InChI=1S/C22H24N4O/c1-4-26(20-12-8-9-16(2)13-20)22-23-14-19(15-24-22)21(27)25-17(3)18-10-6-5-7-11-18/h5-15,17H,4H2,1-3H3,(H,25,27). The summed E-state index contributed by atoms with van der Waals surface area (Å²) in [4.78, 5) is 23.3. The van der Waals surface area contributed by atoms with E-state index in [2.05, 4.69) is 34.3 Å². The molecule has 1 aromatic heterocycles. The molecule has 0 spiro atoms. The maximum atomic E-state index is 12.5. The van der Waals surface area contributed by atoms with Gasteiger partial charge < -0.3 is 10.2 Å². The van der Waals surface area contributed by atoms with E-state index in [1.54, 1.807) is 12.4 Å². The van der Waals surface area contributed by atoms with E-state index in [9.17, 15) is 4.79 Å². The average molecular weight is 360 g/mol. The van der Waals surface area contributed by atoms with Crippen molar-refractivity contribution in [1.29, 1.82) is 0 Å². The monoisotopic (exact) mass is 360 g/mol. The summed E-state index contributed by atoms with van der Waals surface area (Å²) in [6, 6.07) is 18.0. The van der Waals surface area contributed by atoms with Gasteiger partial charge in [-0.25, -0.2) is 9.97 Å². The highest BCUT2D eigenvalue weighted by Gasteiger charge is 2.14. The van der Waals surface area contributed by atoms with Crippen LogP contribution in [0.1, 0.15) is 41.4 Å². The molecule has 1 N–H and O–H groups in total. The molecular formula is C22H24N4O. The lowest BCUT2D eigenvalue weighted by molar-refractivity contribution is 0.0939. The second-order valence-electron chi connectivity index (χ2n) is 6.46. The fourth-order valence-corrected chi connectivity index (χ4v) is 2.92. The van der Waals surface area contributed by atoms with Crippen molar-refractivity contribution in [3.05, 3.63) is 83.7 Å². The first kappa shape index (κ1) is 18.6. The molecule has 1 amide bonds. The van der Waals surface area contributed by atoms with Crippen molar-refractivity contribution in [2.75, 3.05) is 11.4 Å². The molecule has 1 heterocycles. The van der Waals surface area contributed by atoms with Crippen molar-refractivity contribution in [3.8, 4) is 0 Å². The highest BCUT2D eigenvalue weighted by atomic mass is 16.1. The van der Waals surface area contributed by atoms with Crippen molar-refractivity contribution < 1.29 is 4.79 Å². The molecular weight excluding hydrogens is 336 g/mol. The number of benzene rings is 2. The maximum Gasteiger partial charge on any atom is 0.254 e. The van der Waals surface area contributed by atoms with Gasteiger partial charge >= 0.3 is 0 Å². The number of amides is 1. The quantitative estimate of drug-likeness (QED) is 0.706. The Morgan fingerprint density at radius 3 is 2.41 bits per heavy atom. The van der Waals surface area contributed by atoms with Crippen molar-refractivity contribution in [3.63, 3.8) is 0 Å². The zero-order valence-electron chi connectivity index (χ0n) is 15.9. The van der Waals surface area contributed by atoms with Gasteiger partial charge in [0.15, 0.2) is 0 Å². The molecule has 0 aliphatic heterocycles. The van der Waals surface area contributed by atoms with Gasteiger partial charge in [0.1, 0.15) is 0 Å². The first-order valence-electron chi connectivity index (χ1n) is 9.10. The number of anilines is 2. The molecule has 5 nitrogen and oxygen atoms in total. The zero-order valence-corrected chi connectivity index (χ0v) is 15.9. The number of rotatable bonds is 6. The van der Waals surface area contributed by atoms with Gasteiger partial charge in [-0.05, 0) is 44.0 Å². The maximum absolute atomic E-state index is 12.5. The van der Waals surface area contributed by atoms with Gasteiger partial charge in [0.05, 0.1) is 11.6 Å². The Bertz CT molecular complexity index is 894. The molecule has 138 valence electrons. The molecule has 27 heavy (non-hydrogen) atoms. The summed E-state index contributed by atoms with van der Waals surface area (Å²) in [5, 5.41) is 2.98. The molecule has 0 fully saturated rings. The van der Waals surface area contributed by atoms with Gasteiger partial charge in [-0.2, -0.15) is 0 Å². The molecule has 0 bridgehead atoms. The van der Waals surface area contributed by atoms with Gasteiger partial charge in [0, 0.05) is 24.6 Å². The fraction of sp³-hybridized carbons (Fsp3) is 0.227. The van der Waals surface area contributed by atoms with E-state index in [1.807, 2.05) is 61.2 Å². The molecule has 5 heteroatoms. The number of aromatic nitrogens is 2. The molecule has 0 saturated carbocycles. The molecule has 0 aliphatic carbocycles. The highest BCUT2D eigenvalue weighted by Crippen LogP contribution is 2.22. The van der Waals surface area contributed by atoms with Crippen LogP contribution in [-0.4, -0.2) is 22.4 Å². The number of carbonyl (C=O) groups is 1. The van der Waals surface area contributed by atoms with Gasteiger partial charge in [-0.1, -0.05) is 42.5 Å². The zero-order chi connectivity index (χ0) is 19.2. The molecule has 0 radical (unpaired) electrons. The largest absolute Gasteiger partial charge is 0.345 e. The molecule has 1 unspecified atom stereocenters.